The molecule has 1 saturated heterocycles. The van der Waals surface area contributed by atoms with Gasteiger partial charge in [-0.25, -0.2) is 0 Å². The van der Waals surface area contributed by atoms with Crippen LogP contribution in [-0.4, -0.2) is 47.7 Å². The summed E-state index contributed by atoms with van der Waals surface area (Å²) >= 11 is 0. The molecule has 1 unspecified atom stereocenters. The zero-order valence-electron chi connectivity index (χ0n) is 12.9. The molecule has 1 atom stereocenters. The number of carbonyl (C=O) groups excluding carboxylic acids is 1. The van der Waals surface area contributed by atoms with Gasteiger partial charge in [0, 0.05) is 19.0 Å². The van der Waals surface area contributed by atoms with E-state index in [-0.39, 0.29) is 24.3 Å². The van der Waals surface area contributed by atoms with Crippen molar-refractivity contribution in [2.45, 2.75) is 44.6 Å². The van der Waals surface area contributed by atoms with E-state index in [0.717, 1.165) is 11.8 Å². The molecule has 5 fully saturated rings. The highest BCUT2D eigenvalue weighted by Crippen LogP contribution is 2.56. The number of ether oxygens (including phenoxy) is 1. The number of rotatable bonds is 3. The molecule has 0 radical (unpaired) electrons. The van der Waals surface area contributed by atoms with Gasteiger partial charge in [0.2, 0.25) is 5.91 Å². The van der Waals surface area contributed by atoms with Crippen LogP contribution >= 0.6 is 0 Å². The van der Waals surface area contributed by atoms with Crippen LogP contribution in [0, 0.1) is 29.6 Å². The number of nitrogens with zero attached hydrogens (tertiary/aromatic N) is 1. The smallest absolute Gasteiger partial charge is 0.306 e. The second-order valence-corrected chi connectivity index (χ2v) is 7.83. The predicted octanol–water partition coefficient (Wildman–Crippen LogP) is 1.76. The van der Waals surface area contributed by atoms with E-state index in [4.69, 9.17) is 9.84 Å². The minimum Gasteiger partial charge on any atom is -0.481 e. The first-order chi connectivity index (χ1) is 10.6. The molecule has 1 amide bonds. The van der Waals surface area contributed by atoms with Gasteiger partial charge >= 0.3 is 5.97 Å². The maximum absolute atomic E-state index is 13.0. The summed E-state index contributed by atoms with van der Waals surface area (Å²) in [5.41, 5.74) is 0. The van der Waals surface area contributed by atoms with Gasteiger partial charge in [0.25, 0.3) is 0 Å². The molecule has 5 aliphatic rings. The fraction of sp³-hybridized carbons (Fsp3) is 0.882. The van der Waals surface area contributed by atoms with Crippen LogP contribution in [0.2, 0.25) is 0 Å². The number of hydrogen-bond acceptors (Lipinski definition) is 3. The van der Waals surface area contributed by atoms with E-state index in [2.05, 4.69) is 0 Å². The molecular weight excluding hydrogens is 282 g/mol. The van der Waals surface area contributed by atoms with Crippen LogP contribution in [0.25, 0.3) is 0 Å². The molecule has 122 valence electrons. The van der Waals surface area contributed by atoms with Gasteiger partial charge in [0.1, 0.15) is 0 Å². The molecular formula is C17H25NO4. The van der Waals surface area contributed by atoms with Crippen molar-refractivity contribution in [1.82, 2.24) is 4.90 Å². The van der Waals surface area contributed by atoms with Crippen molar-refractivity contribution >= 4 is 11.9 Å². The molecule has 22 heavy (non-hydrogen) atoms. The number of hydrogen-bond donors (Lipinski definition) is 1. The topological polar surface area (TPSA) is 66.8 Å². The summed E-state index contributed by atoms with van der Waals surface area (Å²) in [6, 6.07) is 0. The summed E-state index contributed by atoms with van der Waals surface area (Å²) in [4.78, 5) is 25.8. The Morgan fingerprint density at radius 1 is 1.05 bits per heavy atom. The van der Waals surface area contributed by atoms with Crippen LogP contribution in [0.5, 0.6) is 0 Å². The first-order valence-corrected chi connectivity index (χ1v) is 8.72. The Morgan fingerprint density at radius 2 is 1.68 bits per heavy atom. The van der Waals surface area contributed by atoms with Gasteiger partial charge < -0.3 is 14.7 Å². The fourth-order valence-corrected chi connectivity index (χ4v) is 5.78. The molecule has 4 saturated carbocycles. The van der Waals surface area contributed by atoms with Gasteiger partial charge in [-0.15, -0.1) is 0 Å². The van der Waals surface area contributed by atoms with Crippen LogP contribution in [0.4, 0.5) is 0 Å². The lowest BCUT2D eigenvalue weighted by Gasteiger charge is -2.54. The van der Waals surface area contributed by atoms with Crippen molar-refractivity contribution in [3.05, 3.63) is 0 Å². The van der Waals surface area contributed by atoms with E-state index in [1.807, 2.05) is 4.90 Å². The average Bonchev–Trinajstić information content (AvgIpc) is 2.45. The summed E-state index contributed by atoms with van der Waals surface area (Å²) in [5, 5.41) is 8.92. The molecule has 0 aromatic carbocycles. The average molecular weight is 307 g/mol. The van der Waals surface area contributed by atoms with Crippen LogP contribution in [-0.2, 0) is 14.3 Å². The first kappa shape index (κ1) is 14.5. The molecule has 5 nitrogen and oxygen atoms in total. The van der Waals surface area contributed by atoms with E-state index in [9.17, 15) is 9.59 Å². The summed E-state index contributed by atoms with van der Waals surface area (Å²) in [7, 11) is 0. The zero-order valence-corrected chi connectivity index (χ0v) is 12.9. The third-order valence-corrected chi connectivity index (χ3v) is 6.36. The van der Waals surface area contributed by atoms with E-state index in [0.29, 0.717) is 31.5 Å². The van der Waals surface area contributed by atoms with Crippen molar-refractivity contribution in [3.8, 4) is 0 Å². The number of amides is 1. The Labute approximate surface area is 131 Å². The number of carboxylic acids is 1. The number of morpholine rings is 1. The minimum absolute atomic E-state index is 0.00848. The van der Waals surface area contributed by atoms with Crippen molar-refractivity contribution < 1.29 is 19.4 Å². The number of carbonyl (C=O) groups is 2. The molecule has 4 aliphatic carbocycles. The van der Waals surface area contributed by atoms with Crippen molar-refractivity contribution in [2.75, 3.05) is 19.7 Å². The highest BCUT2D eigenvalue weighted by Gasteiger charge is 2.51. The van der Waals surface area contributed by atoms with Crippen LogP contribution in [0.1, 0.15) is 38.5 Å². The van der Waals surface area contributed by atoms with E-state index < -0.39 is 5.97 Å². The fourth-order valence-electron chi connectivity index (χ4n) is 5.78. The maximum Gasteiger partial charge on any atom is 0.306 e. The van der Waals surface area contributed by atoms with Gasteiger partial charge in [-0.05, 0) is 55.8 Å². The second kappa shape index (κ2) is 5.52. The number of carboxylic acid groups (broad SMARTS) is 1. The lowest BCUT2D eigenvalue weighted by Crippen LogP contribution is -2.55. The van der Waals surface area contributed by atoms with E-state index in [1.54, 1.807) is 0 Å². The summed E-state index contributed by atoms with van der Waals surface area (Å²) in [6.07, 6.45) is 6.02. The van der Waals surface area contributed by atoms with Crippen molar-refractivity contribution in [2.24, 2.45) is 29.6 Å². The lowest BCUT2D eigenvalue weighted by molar-refractivity contribution is -0.159. The molecule has 0 aromatic heterocycles. The summed E-state index contributed by atoms with van der Waals surface area (Å²) in [5.74, 6) is 2.55. The third kappa shape index (κ3) is 2.53. The normalized spacial score (nSPS) is 43.4. The van der Waals surface area contributed by atoms with Gasteiger partial charge in [0.05, 0.1) is 19.1 Å². The summed E-state index contributed by atoms with van der Waals surface area (Å²) in [6.45, 7) is 1.54. The van der Waals surface area contributed by atoms with Crippen LogP contribution in [0.3, 0.4) is 0 Å². The molecule has 1 aliphatic heterocycles. The highest BCUT2D eigenvalue weighted by atomic mass is 16.5. The van der Waals surface area contributed by atoms with Crippen molar-refractivity contribution in [3.63, 3.8) is 0 Å². The van der Waals surface area contributed by atoms with Gasteiger partial charge in [0.15, 0.2) is 0 Å². The van der Waals surface area contributed by atoms with E-state index >= 15 is 0 Å². The third-order valence-electron chi connectivity index (χ3n) is 6.36. The zero-order chi connectivity index (χ0) is 15.3. The Morgan fingerprint density at radius 3 is 2.27 bits per heavy atom. The van der Waals surface area contributed by atoms with E-state index in [1.165, 1.54) is 32.1 Å². The molecule has 0 spiro atoms. The Bertz CT molecular complexity index is 449. The predicted molar refractivity (Wildman–Crippen MR) is 79.1 cm³/mol. The monoisotopic (exact) mass is 307 g/mol. The lowest BCUT2D eigenvalue weighted by atomic mass is 9.51. The SMILES string of the molecule is O=C(O)CC1CN(C(=O)C2C3CC4CC(C3)CC2C4)CCO1. The van der Waals surface area contributed by atoms with Crippen molar-refractivity contribution in [1.29, 1.82) is 0 Å². The highest BCUT2D eigenvalue weighted by molar-refractivity contribution is 5.80. The molecule has 1 N–H and O–H groups in total. The molecule has 0 aromatic rings. The second-order valence-electron chi connectivity index (χ2n) is 7.83. The quantitative estimate of drug-likeness (QED) is 0.863. The maximum atomic E-state index is 13.0. The van der Waals surface area contributed by atoms with Crippen LogP contribution in [0.15, 0.2) is 0 Å². The van der Waals surface area contributed by atoms with Gasteiger partial charge in [-0.1, -0.05) is 0 Å². The standard InChI is InChI=1S/C17H25NO4/c19-15(20)8-14-9-18(1-2-22-14)17(21)16-12-4-10-3-11(6-12)7-13(16)5-10/h10-14,16H,1-9H2,(H,19,20). The van der Waals surface area contributed by atoms with Gasteiger partial charge in [-0.2, -0.15) is 0 Å². The molecule has 5 rings (SSSR count). The van der Waals surface area contributed by atoms with Crippen LogP contribution < -0.4 is 0 Å². The Balaban J connectivity index is 1.44. The Hall–Kier alpha value is -1.10. The Kier molecular flexibility index (Phi) is 3.63. The van der Waals surface area contributed by atoms with Gasteiger partial charge in [-0.3, -0.25) is 9.59 Å². The molecule has 5 heteroatoms. The first-order valence-electron chi connectivity index (χ1n) is 8.72. The largest absolute Gasteiger partial charge is 0.481 e. The molecule has 4 bridgehead atoms. The number of aliphatic carboxylic acids is 1. The summed E-state index contributed by atoms with van der Waals surface area (Å²) < 4.78 is 5.50. The molecule has 1 heterocycles. The minimum atomic E-state index is -0.853.